The summed E-state index contributed by atoms with van der Waals surface area (Å²) >= 11 is 0. The maximum atomic E-state index is 12.7. The third-order valence-corrected chi connectivity index (χ3v) is 7.24. The van der Waals surface area contributed by atoms with Crippen LogP contribution in [-0.2, 0) is 4.79 Å². The van der Waals surface area contributed by atoms with E-state index in [9.17, 15) is 4.79 Å². The lowest BCUT2D eigenvalue weighted by molar-refractivity contribution is -0.110. The Morgan fingerprint density at radius 3 is 0.864 bits per heavy atom. The molecule has 6 aromatic carbocycles. The highest BCUT2D eigenvalue weighted by molar-refractivity contribution is 6.04. The molecule has 0 aliphatic carbocycles. The van der Waals surface area contributed by atoms with Gasteiger partial charge in [-0.15, -0.1) is 0 Å². The molecule has 0 unspecified atom stereocenters. The summed E-state index contributed by atoms with van der Waals surface area (Å²) in [4.78, 5) is 17.1. The first-order chi connectivity index (χ1) is 21.7. The number of nitrogens with zero attached hydrogens (tertiary/aromatic N) is 2. The van der Waals surface area contributed by atoms with Crippen molar-refractivity contribution >= 4 is 52.1 Å². The van der Waals surface area contributed by atoms with Crippen molar-refractivity contribution in [2.75, 3.05) is 9.80 Å². The van der Waals surface area contributed by atoms with Crippen molar-refractivity contribution in [3.63, 3.8) is 0 Å². The van der Waals surface area contributed by atoms with E-state index in [0.717, 1.165) is 45.3 Å². The number of benzene rings is 6. The van der Waals surface area contributed by atoms with E-state index in [2.05, 4.69) is 82.6 Å². The van der Waals surface area contributed by atoms with Crippen LogP contribution in [0.2, 0.25) is 0 Å². The molecule has 0 amide bonds. The SMILES string of the molecule is O=C(/C=C\c1ccc(N(c2ccccc2)c2ccccc2)cc1)/C=C/c1ccc(N(c2ccccc2)c2ccccc2)cc1. The van der Waals surface area contributed by atoms with E-state index in [1.54, 1.807) is 12.2 Å². The predicted octanol–water partition coefficient (Wildman–Crippen LogP) is 10.9. The Labute approximate surface area is 259 Å². The number of anilines is 6. The molecule has 0 heterocycles. The molecule has 3 heteroatoms. The van der Waals surface area contributed by atoms with Gasteiger partial charge in [-0.1, -0.05) is 109 Å². The fourth-order valence-electron chi connectivity index (χ4n) is 5.08. The van der Waals surface area contributed by atoms with Gasteiger partial charge < -0.3 is 9.80 Å². The summed E-state index contributed by atoms with van der Waals surface area (Å²) < 4.78 is 0. The third kappa shape index (κ3) is 6.92. The molecule has 0 bridgehead atoms. The van der Waals surface area contributed by atoms with Gasteiger partial charge in [-0.25, -0.2) is 0 Å². The van der Waals surface area contributed by atoms with Crippen LogP contribution in [0.5, 0.6) is 0 Å². The lowest BCUT2D eigenvalue weighted by Gasteiger charge is -2.25. The van der Waals surface area contributed by atoms with Crippen LogP contribution in [-0.4, -0.2) is 5.78 Å². The number of hydrogen-bond donors (Lipinski definition) is 0. The summed E-state index contributed by atoms with van der Waals surface area (Å²) in [6.45, 7) is 0. The Bertz CT molecular complexity index is 1610. The molecule has 6 aromatic rings. The summed E-state index contributed by atoms with van der Waals surface area (Å²) in [5.74, 6) is -0.0662. The fourth-order valence-corrected chi connectivity index (χ4v) is 5.08. The molecular weight excluding hydrogens is 536 g/mol. The van der Waals surface area contributed by atoms with Gasteiger partial charge in [0.15, 0.2) is 5.78 Å². The van der Waals surface area contributed by atoms with Gasteiger partial charge >= 0.3 is 0 Å². The average molecular weight is 569 g/mol. The van der Waals surface area contributed by atoms with E-state index in [4.69, 9.17) is 0 Å². The molecule has 44 heavy (non-hydrogen) atoms. The topological polar surface area (TPSA) is 23.6 Å². The van der Waals surface area contributed by atoms with Crippen molar-refractivity contribution in [1.29, 1.82) is 0 Å². The van der Waals surface area contributed by atoms with Crippen molar-refractivity contribution in [2.45, 2.75) is 0 Å². The Hall–Kier alpha value is -5.93. The maximum Gasteiger partial charge on any atom is 0.178 e. The first kappa shape index (κ1) is 28.2. The minimum Gasteiger partial charge on any atom is -0.311 e. The number of rotatable bonds is 10. The Morgan fingerprint density at radius 2 is 0.591 bits per heavy atom. The van der Waals surface area contributed by atoms with E-state index in [1.807, 2.05) is 109 Å². The molecule has 0 spiro atoms. The van der Waals surface area contributed by atoms with Gasteiger partial charge in [0.2, 0.25) is 0 Å². The van der Waals surface area contributed by atoms with Crippen LogP contribution in [0.4, 0.5) is 34.1 Å². The lowest BCUT2D eigenvalue weighted by atomic mass is 10.1. The summed E-state index contributed by atoms with van der Waals surface area (Å²) in [6.07, 6.45) is 6.93. The van der Waals surface area contributed by atoms with Gasteiger partial charge in [-0.05, 0) is 96.1 Å². The van der Waals surface area contributed by atoms with Gasteiger partial charge in [-0.2, -0.15) is 0 Å². The Kier molecular flexibility index (Phi) is 8.86. The Morgan fingerprint density at radius 1 is 0.341 bits per heavy atom. The third-order valence-electron chi connectivity index (χ3n) is 7.24. The molecule has 3 nitrogen and oxygen atoms in total. The monoisotopic (exact) mass is 568 g/mol. The molecule has 0 saturated carbocycles. The molecule has 212 valence electrons. The molecule has 0 aliphatic rings. The zero-order valence-corrected chi connectivity index (χ0v) is 24.3. The predicted molar refractivity (Wildman–Crippen MR) is 185 cm³/mol. The van der Waals surface area contributed by atoms with E-state index in [1.165, 1.54) is 0 Å². The van der Waals surface area contributed by atoms with E-state index in [-0.39, 0.29) is 5.78 Å². The second kappa shape index (κ2) is 13.8. The fraction of sp³-hybridized carbons (Fsp3) is 0. The molecule has 0 aromatic heterocycles. The highest BCUT2D eigenvalue weighted by Crippen LogP contribution is 2.35. The van der Waals surface area contributed by atoms with Gasteiger partial charge in [0.1, 0.15) is 0 Å². The van der Waals surface area contributed by atoms with Crippen molar-refractivity contribution in [3.8, 4) is 0 Å². The lowest BCUT2D eigenvalue weighted by Crippen LogP contribution is -2.09. The highest BCUT2D eigenvalue weighted by Gasteiger charge is 2.12. The molecule has 0 aliphatic heterocycles. The van der Waals surface area contributed by atoms with Crippen molar-refractivity contribution in [3.05, 3.63) is 193 Å². The van der Waals surface area contributed by atoms with E-state index >= 15 is 0 Å². The minimum atomic E-state index is -0.0662. The largest absolute Gasteiger partial charge is 0.311 e. The minimum absolute atomic E-state index is 0.0662. The molecule has 0 fully saturated rings. The number of allylic oxidation sites excluding steroid dienone is 2. The van der Waals surface area contributed by atoms with Crippen molar-refractivity contribution in [2.24, 2.45) is 0 Å². The summed E-state index contributed by atoms with van der Waals surface area (Å²) in [7, 11) is 0. The van der Waals surface area contributed by atoms with Crippen molar-refractivity contribution in [1.82, 2.24) is 0 Å². The number of hydrogen-bond acceptors (Lipinski definition) is 3. The second-order valence-corrected chi connectivity index (χ2v) is 10.3. The van der Waals surface area contributed by atoms with Crippen molar-refractivity contribution < 1.29 is 4.79 Å². The molecule has 0 radical (unpaired) electrons. The average Bonchev–Trinajstić information content (AvgIpc) is 3.10. The quantitative estimate of drug-likeness (QED) is 0.154. The number of carbonyl (C=O) groups is 1. The van der Waals surface area contributed by atoms with Crippen LogP contribution in [0.25, 0.3) is 12.2 Å². The molecular formula is C41H32N2O. The van der Waals surface area contributed by atoms with E-state index in [0.29, 0.717) is 0 Å². The number of carbonyl (C=O) groups excluding carboxylic acids is 1. The summed E-state index contributed by atoms with van der Waals surface area (Å²) in [5.41, 5.74) is 8.36. The van der Waals surface area contributed by atoms with Gasteiger partial charge in [-0.3, -0.25) is 4.79 Å². The van der Waals surface area contributed by atoms with Gasteiger partial charge in [0.05, 0.1) is 0 Å². The molecule has 0 N–H and O–H groups in total. The van der Waals surface area contributed by atoms with Crippen LogP contribution in [0, 0.1) is 0 Å². The zero-order chi connectivity index (χ0) is 30.0. The van der Waals surface area contributed by atoms with Gasteiger partial charge in [0.25, 0.3) is 0 Å². The van der Waals surface area contributed by atoms with E-state index < -0.39 is 0 Å². The summed E-state index contributed by atoms with van der Waals surface area (Å²) in [6, 6.07) is 57.7. The first-order valence-corrected chi connectivity index (χ1v) is 14.7. The smallest absolute Gasteiger partial charge is 0.178 e. The number of ketones is 1. The molecule has 0 saturated heterocycles. The van der Waals surface area contributed by atoms with Gasteiger partial charge in [0, 0.05) is 34.1 Å². The standard InChI is InChI=1S/C41H32N2O/c44-41(31-25-33-21-27-39(28-22-33)42(35-13-5-1-6-14-35)36-15-7-2-8-16-36)32-26-34-23-29-40(30-24-34)43(37-17-9-3-10-18-37)38-19-11-4-12-20-38/h1-32H/b31-25-,32-26+. The highest BCUT2D eigenvalue weighted by atomic mass is 16.1. The second-order valence-electron chi connectivity index (χ2n) is 10.3. The maximum absolute atomic E-state index is 12.7. The van der Waals surface area contributed by atoms with Crippen LogP contribution in [0.3, 0.4) is 0 Å². The number of para-hydroxylation sites is 4. The van der Waals surface area contributed by atoms with Crippen LogP contribution < -0.4 is 9.80 Å². The van der Waals surface area contributed by atoms with Crippen LogP contribution in [0.1, 0.15) is 11.1 Å². The molecule has 6 rings (SSSR count). The zero-order valence-electron chi connectivity index (χ0n) is 24.3. The Balaban J connectivity index is 1.13. The normalized spacial score (nSPS) is 11.1. The van der Waals surface area contributed by atoms with Crippen LogP contribution >= 0.6 is 0 Å². The molecule has 0 atom stereocenters. The summed E-state index contributed by atoms with van der Waals surface area (Å²) in [5, 5.41) is 0. The first-order valence-electron chi connectivity index (χ1n) is 14.7. The van der Waals surface area contributed by atoms with Crippen LogP contribution in [0.15, 0.2) is 182 Å².